The second-order valence-corrected chi connectivity index (χ2v) is 4.01. The summed E-state index contributed by atoms with van der Waals surface area (Å²) in [6.07, 6.45) is 0. The van der Waals surface area contributed by atoms with Gasteiger partial charge in [-0.3, -0.25) is 9.59 Å². The highest BCUT2D eigenvalue weighted by molar-refractivity contribution is 6.31. The van der Waals surface area contributed by atoms with Gasteiger partial charge in [-0.05, 0) is 18.2 Å². The molecule has 0 radical (unpaired) electrons. The van der Waals surface area contributed by atoms with E-state index in [4.69, 9.17) is 16.3 Å². The Balaban J connectivity index is 2.30. The fourth-order valence-corrected chi connectivity index (χ4v) is 1.78. The van der Waals surface area contributed by atoms with Crippen LogP contribution in [0.25, 0.3) is 0 Å². The SMILES string of the molecule is CC(=O)NC1COc2ccc(Cl)cc2C1=O. The molecule has 0 aliphatic carbocycles. The summed E-state index contributed by atoms with van der Waals surface area (Å²) in [7, 11) is 0. The number of carbonyl (C=O) groups excluding carboxylic acids is 2. The lowest BCUT2D eigenvalue weighted by atomic mass is 10.0. The van der Waals surface area contributed by atoms with Gasteiger partial charge in [0, 0.05) is 11.9 Å². The maximum atomic E-state index is 12.0. The first kappa shape index (κ1) is 11.0. The van der Waals surface area contributed by atoms with E-state index in [2.05, 4.69) is 5.32 Å². The zero-order chi connectivity index (χ0) is 11.7. The molecule has 0 spiro atoms. The van der Waals surface area contributed by atoms with Crippen LogP contribution in [0, 0.1) is 0 Å². The second kappa shape index (κ2) is 4.14. The summed E-state index contributed by atoms with van der Waals surface area (Å²) < 4.78 is 5.37. The van der Waals surface area contributed by atoms with E-state index in [1.54, 1.807) is 18.2 Å². The van der Waals surface area contributed by atoms with Gasteiger partial charge in [-0.1, -0.05) is 11.6 Å². The van der Waals surface area contributed by atoms with Crippen molar-refractivity contribution in [3.63, 3.8) is 0 Å². The van der Waals surface area contributed by atoms with Gasteiger partial charge in [-0.2, -0.15) is 0 Å². The predicted molar refractivity (Wildman–Crippen MR) is 58.9 cm³/mol. The third-order valence-electron chi connectivity index (χ3n) is 2.31. The number of carbonyl (C=O) groups is 2. The first-order valence-corrected chi connectivity index (χ1v) is 5.19. The lowest BCUT2D eigenvalue weighted by molar-refractivity contribution is -0.119. The molecule has 1 heterocycles. The fraction of sp³-hybridized carbons (Fsp3) is 0.273. The Kier molecular flexibility index (Phi) is 2.83. The van der Waals surface area contributed by atoms with Gasteiger partial charge in [0.2, 0.25) is 5.91 Å². The van der Waals surface area contributed by atoms with Crippen LogP contribution in [0.3, 0.4) is 0 Å². The molecule has 2 rings (SSSR count). The van der Waals surface area contributed by atoms with Crippen molar-refractivity contribution in [2.75, 3.05) is 6.61 Å². The van der Waals surface area contributed by atoms with Gasteiger partial charge in [-0.15, -0.1) is 0 Å². The summed E-state index contributed by atoms with van der Waals surface area (Å²) in [5, 5.41) is 3.01. The van der Waals surface area contributed by atoms with Crippen LogP contribution in [-0.2, 0) is 4.79 Å². The van der Waals surface area contributed by atoms with E-state index in [1.165, 1.54) is 6.92 Å². The van der Waals surface area contributed by atoms with E-state index in [0.717, 1.165) is 0 Å². The molecule has 0 fully saturated rings. The first-order chi connectivity index (χ1) is 7.58. The standard InChI is InChI=1S/C11H10ClNO3/c1-6(14)13-9-5-16-10-3-2-7(12)4-8(10)11(9)15/h2-4,9H,5H2,1H3,(H,13,14). The number of nitrogens with one attached hydrogen (secondary N) is 1. The highest BCUT2D eigenvalue weighted by Gasteiger charge is 2.29. The van der Waals surface area contributed by atoms with Gasteiger partial charge in [0.15, 0.2) is 5.78 Å². The van der Waals surface area contributed by atoms with Crippen molar-refractivity contribution < 1.29 is 14.3 Å². The minimum Gasteiger partial charge on any atom is -0.490 e. The van der Waals surface area contributed by atoms with Crippen molar-refractivity contribution in [1.29, 1.82) is 0 Å². The molecule has 84 valence electrons. The van der Waals surface area contributed by atoms with Gasteiger partial charge >= 0.3 is 0 Å². The van der Waals surface area contributed by atoms with Crippen LogP contribution in [0.4, 0.5) is 0 Å². The number of Topliss-reactive ketones (excluding diaryl/α,β-unsaturated/α-hetero) is 1. The summed E-state index contributed by atoms with van der Waals surface area (Å²) >= 11 is 5.80. The van der Waals surface area contributed by atoms with Crippen LogP contribution in [-0.4, -0.2) is 24.3 Å². The van der Waals surface area contributed by atoms with Crippen molar-refractivity contribution in [3.05, 3.63) is 28.8 Å². The molecule has 1 aliphatic heterocycles. The molecule has 16 heavy (non-hydrogen) atoms. The monoisotopic (exact) mass is 239 g/mol. The quantitative estimate of drug-likeness (QED) is 0.807. The summed E-state index contributed by atoms with van der Waals surface area (Å²) in [5.74, 6) is 0.0855. The Morgan fingerprint density at radius 1 is 1.56 bits per heavy atom. The molecular formula is C11H10ClNO3. The van der Waals surface area contributed by atoms with Crippen LogP contribution in [0.5, 0.6) is 5.75 Å². The molecule has 0 bridgehead atoms. The zero-order valence-corrected chi connectivity index (χ0v) is 9.38. The number of hydrogen-bond donors (Lipinski definition) is 1. The Labute approximate surface area is 97.5 Å². The van der Waals surface area contributed by atoms with Crippen LogP contribution < -0.4 is 10.1 Å². The molecule has 0 saturated carbocycles. The van der Waals surface area contributed by atoms with E-state index in [1.807, 2.05) is 0 Å². The number of fused-ring (bicyclic) bond motifs is 1. The van der Waals surface area contributed by atoms with Crippen LogP contribution in [0.15, 0.2) is 18.2 Å². The predicted octanol–water partition coefficient (Wildman–Crippen LogP) is 1.42. The number of hydrogen-bond acceptors (Lipinski definition) is 3. The maximum absolute atomic E-state index is 12.0. The summed E-state index contributed by atoms with van der Waals surface area (Å²) in [4.78, 5) is 22.8. The van der Waals surface area contributed by atoms with Crippen LogP contribution in [0.2, 0.25) is 5.02 Å². The average molecular weight is 240 g/mol. The smallest absolute Gasteiger partial charge is 0.217 e. The number of amides is 1. The molecule has 1 aliphatic rings. The van der Waals surface area contributed by atoms with E-state index in [9.17, 15) is 9.59 Å². The number of benzene rings is 1. The van der Waals surface area contributed by atoms with Gasteiger partial charge < -0.3 is 10.1 Å². The Hall–Kier alpha value is -1.55. The molecule has 1 amide bonds. The summed E-state index contributed by atoms with van der Waals surface area (Å²) in [5.41, 5.74) is 0.414. The molecule has 1 unspecified atom stereocenters. The third-order valence-corrected chi connectivity index (χ3v) is 2.54. The Morgan fingerprint density at radius 2 is 2.31 bits per heavy atom. The van der Waals surface area contributed by atoms with E-state index in [0.29, 0.717) is 16.3 Å². The molecular weight excluding hydrogens is 230 g/mol. The van der Waals surface area contributed by atoms with Gasteiger partial charge in [0.25, 0.3) is 0 Å². The largest absolute Gasteiger partial charge is 0.490 e. The highest BCUT2D eigenvalue weighted by atomic mass is 35.5. The average Bonchev–Trinajstić information content (AvgIpc) is 2.22. The van der Waals surface area contributed by atoms with E-state index < -0.39 is 6.04 Å². The van der Waals surface area contributed by atoms with E-state index in [-0.39, 0.29) is 18.3 Å². The van der Waals surface area contributed by atoms with Crippen molar-refractivity contribution in [2.45, 2.75) is 13.0 Å². The van der Waals surface area contributed by atoms with Crippen LogP contribution >= 0.6 is 11.6 Å². The van der Waals surface area contributed by atoms with Gasteiger partial charge in [-0.25, -0.2) is 0 Å². The molecule has 1 aromatic rings. The topological polar surface area (TPSA) is 55.4 Å². The third kappa shape index (κ3) is 2.02. The van der Waals surface area contributed by atoms with E-state index >= 15 is 0 Å². The molecule has 4 nitrogen and oxygen atoms in total. The molecule has 1 N–H and O–H groups in total. The minimum absolute atomic E-state index is 0.160. The van der Waals surface area contributed by atoms with Gasteiger partial charge in [0.1, 0.15) is 18.4 Å². The molecule has 5 heteroatoms. The van der Waals surface area contributed by atoms with Crippen molar-refractivity contribution >= 4 is 23.3 Å². The minimum atomic E-state index is -0.622. The Morgan fingerprint density at radius 3 is 3.00 bits per heavy atom. The Bertz CT molecular complexity index is 459. The lowest BCUT2D eigenvalue weighted by Gasteiger charge is -2.24. The molecule has 1 aromatic carbocycles. The van der Waals surface area contributed by atoms with Crippen molar-refractivity contribution in [3.8, 4) is 5.75 Å². The van der Waals surface area contributed by atoms with Gasteiger partial charge in [0.05, 0.1) is 5.56 Å². The number of halogens is 1. The van der Waals surface area contributed by atoms with Crippen molar-refractivity contribution in [2.24, 2.45) is 0 Å². The number of rotatable bonds is 1. The maximum Gasteiger partial charge on any atom is 0.217 e. The summed E-state index contributed by atoms with van der Waals surface area (Å²) in [6.45, 7) is 1.52. The number of ether oxygens (including phenoxy) is 1. The second-order valence-electron chi connectivity index (χ2n) is 3.57. The number of ketones is 1. The van der Waals surface area contributed by atoms with Crippen molar-refractivity contribution in [1.82, 2.24) is 5.32 Å². The summed E-state index contributed by atoms with van der Waals surface area (Å²) in [6, 6.07) is 4.24. The molecule has 0 aromatic heterocycles. The lowest BCUT2D eigenvalue weighted by Crippen LogP contribution is -2.46. The van der Waals surface area contributed by atoms with Crippen LogP contribution in [0.1, 0.15) is 17.3 Å². The zero-order valence-electron chi connectivity index (χ0n) is 8.62. The molecule has 0 saturated heterocycles. The first-order valence-electron chi connectivity index (χ1n) is 4.81. The highest BCUT2D eigenvalue weighted by Crippen LogP contribution is 2.27. The normalized spacial score (nSPS) is 18.6. The molecule has 1 atom stereocenters. The fourth-order valence-electron chi connectivity index (χ4n) is 1.61.